The number of nitrogens with zero attached hydrogens (tertiary/aromatic N) is 3. The summed E-state index contributed by atoms with van der Waals surface area (Å²) in [5.41, 5.74) is 2.58. The fraction of sp³-hybridized carbons (Fsp3) is 0.476. The number of amides is 1. The van der Waals surface area contributed by atoms with Gasteiger partial charge in [-0.15, -0.1) is 0 Å². The first kappa shape index (κ1) is 18.7. The van der Waals surface area contributed by atoms with E-state index in [1.807, 2.05) is 11.1 Å². The number of hydrogen-bond donors (Lipinski definition) is 1. The second-order valence-corrected chi connectivity index (χ2v) is 7.25. The van der Waals surface area contributed by atoms with E-state index in [4.69, 9.17) is 14.5 Å². The highest BCUT2D eigenvalue weighted by Crippen LogP contribution is 2.28. The lowest BCUT2D eigenvalue weighted by Crippen LogP contribution is -2.37. The van der Waals surface area contributed by atoms with Crippen molar-refractivity contribution in [2.24, 2.45) is 0 Å². The average Bonchev–Trinajstić information content (AvgIpc) is 2.78. The van der Waals surface area contributed by atoms with Gasteiger partial charge in [0.05, 0.1) is 31.5 Å². The molecule has 2 aromatic rings. The summed E-state index contributed by atoms with van der Waals surface area (Å²) in [7, 11) is 3.15. The van der Waals surface area contributed by atoms with Crippen LogP contribution < -0.4 is 14.8 Å². The number of benzene rings is 1. The van der Waals surface area contributed by atoms with Crippen LogP contribution in [0.5, 0.6) is 11.5 Å². The van der Waals surface area contributed by atoms with Crippen LogP contribution in [0, 0.1) is 0 Å². The van der Waals surface area contributed by atoms with E-state index in [2.05, 4.69) is 10.3 Å². The Labute approximate surface area is 165 Å². The standard InChI is InChI=1S/C21H26N4O3/c1-27-15-6-7-19(28-2)16(11-15)21(26)25-10-8-17-14(13-25)12-23-20(24-17)18-5-3-4-9-22-18/h6-7,11-12,18,22H,3-5,8-10,13H2,1-2H3/t18-/m0/s1. The normalized spacial score (nSPS) is 19.1. The maximum atomic E-state index is 13.1. The highest BCUT2D eigenvalue weighted by atomic mass is 16.5. The van der Waals surface area contributed by atoms with Crippen molar-refractivity contribution in [3.8, 4) is 11.5 Å². The Hall–Kier alpha value is -2.67. The van der Waals surface area contributed by atoms with Crippen LogP contribution in [0.4, 0.5) is 0 Å². The average molecular weight is 382 g/mol. The molecular formula is C21H26N4O3. The Morgan fingerprint density at radius 3 is 2.89 bits per heavy atom. The molecule has 1 N–H and O–H groups in total. The molecule has 2 aliphatic rings. The number of ether oxygens (including phenoxy) is 2. The van der Waals surface area contributed by atoms with Gasteiger partial charge in [0, 0.05) is 31.3 Å². The summed E-state index contributed by atoms with van der Waals surface area (Å²) in [6, 6.07) is 5.52. The molecule has 1 aromatic heterocycles. The summed E-state index contributed by atoms with van der Waals surface area (Å²) in [6.07, 6.45) is 6.12. The number of carbonyl (C=O) groups is 1. The first-order valence-corrected chi connectivity index (χ1v) is 9.79. The minimum absolute atomic E-state index is 0.0700. The van der Waals surface area contributed by atoms with Gasteiger partial charge in [0.1, 0.15) is 17.3 Å². The van der Waals surface area contributed by atoms with Crippen molar-refractivity contribution in [3.05, 3.63) is 47.0 Å². The van der Waals surface area contributed by atoms with Gasteiger partial charge in [-0.2, -0.15) is 0 Å². The van der Waals surface area contributed by atoms with Crippen molar-refractivity contribution >= 4 is 5.91 Å². The highest BCUT2D eigenvalue weighted by Gasteiger charge is 2.27. The maximum Gasteiger partial charge on any atom is 0.258 e. The van der Waals surface area contributed by atoms with Gasteiger partial charge in [0.25, 0.3) is 5.91 Å². The lowest BCUT2D eigenvalue weighted by atomic mass is 10.0. The van der Waals surface area contributed by atoms with E-state index in [0.717, 1.165) is 36.5 Å². The molecule has 3 heterocycles. The Morgan fingerprint density at radius 2 is 2.14 bits per heavy atom. The molecule has 1 fully saturated rings. The molecule has 0 radical (unpaired) electrons. The molecular weight excluding hydrogens is 356 g/mol. The molecule has 1 atom stereocenters. The maximum absolute atomic E-state index is 13.1. The van der Waals surface area contributed by atoms with Crippen molar-refractivity contribution in [3.63, 3.8) is 0 Å². The van der Waals surface area contributed by atoms with Crippen molar-refractivity contribution in [2.75, 3.05) is 27.3 Å². The molecule has 0 saturated carbocycles. The van der Waals surface area contributed by atoms with Gasteiger partial charge in [-0.05, 0) is 37.6 Å². The predicted molar refractivity (Wildman–Crippen MR) is 105 cm³/mol. The van der Waals surface area contributed by atoms with Crippen molar-refractivity contribution in [1.29, 1.82) is 0 Å². The molecule has 2 aliphatic heterocycles. The summed E-state index contributed by atoms with van der Waals surface area (Å²) in [6.45, 7) is 2.16. The number of piperidine rings is 1. The number of fused-ring (bicyclic) bond motifs is 1. The van der Waals surface area contributed by atoms with E-state index < -0.39 is 0 Å². The molecule has 148 valence electrons. The van der Waals surface area contributed by atoms with Gasteiger partial charge in [-0.1, -0.05) is 6.42 Å². The number of aromatic nitrogens is 2. The first-order chi connectivity index (χ1) is 13.7. The fourth-order valence-corrected chi connectivity index (χ4v) is 3.90. The van der Waals surface area contributed by atoms with Gasteiger partial charge in [0.15, 0.2) is 0 Å². The third-order valence-corrected chi connectivity index (χ3v) is 5.50. The van der Waals surface area contributed by atoms with Crippen molar-refractivity contribution < 1.29 is 14.3 Å². The Kier molecular flexibility index (Phi) is 5.43. The number of methoxy groups -OCH3 is 2. The van der Waals surface area contributed by atoms with Crippen LogP contribution in [0.2, 0.25) is 0 Å². The monoisotopic (exact) mass is 382 g/mol. The van der Waals surface area contributed by atoms with E-state index in [9.17, 15) is 4.79 Å². The lowest BCUT2D eigenvalue weighted by molar-refractivity contribution is 0.0729. The van der Waals surface area contributed by atoms with Crippen LogP contribution in [-0.2, 0) is 13.0 Å². The Balaban J connectivity index is 1.53. The molecule has 28 heavy (non-hydrogen) atoms. The zero-order valence-electron chi connectivity index (χ0n) is 16.4. The topological polar surface area (TPSA) is 76.6 Å². The summed E-state index contributed by atoms with van der Waals surface area (Å²) >= 11 is 0. The zero-order valence-corrected chi connectivity index (χ0v) is 16.4. The molecule has 0 aliphatic carbocycles. The van der Waals surface area contributed by atoms with E-state index in [-0.39, 0.29) is 11.9 Å². The molecule has 1 aromatic carbocycles. The van der Waals surface area contributed by atoms with Gasteiger partial charge < -0.3 is 19.7 Å². The molecule has 7 heteroatoms. The molecule has 1 amide bonds. The summed E-state index contributed by atoms with van der Waals surface area (Å²) < 4.78 is 10.6. The minimum atomic E-state index is -0.0700. The van der Waals surface area contributed by atoms with Gasteiger partial charge >= 0.3 is 0 Å². The van der Waals surface area contributed by atoms with Crippen molar-refractivity contribution in [1.82, 2.24) is 20.2 Å². The van der Waals surface area contributed by atoms with Crippen molar-refractivity contribution in [2.45, 2.75) is 38.3 Å². The lowest BCUT2D eigenvalue weighted by Gasteiger charge is -2.30. The molecule has 7 nitrogen and oxygen atoms in total. The van der Waals surface area contributed by atoms with Crippen LogP contribution in [0.3, 0.4) is 0 Å². The number of hydrogen-bond acceptors (Lipinski definition) is 6. The second kappa shape index (κ2) is 8.14. The first-order valence-electron chi connectivity index (χ1n) is 9.79. The Bertz CT molecular complexity index is 865. The van der Waals surface area contributed by atoms with E-state index in [0.29, 0.717) is 30.2 Å². The number of nitrogens with one attached hydrogen (secondary N) is 1. The largest absolute Gasteiger partial charge is 0.497 e. The predicted octanol–water partition coefficient (Wildman–Crippen LogP) is 2.51. The minimum Gasteiger partial charge on any atom is -0.497 e. The highest BCUT2D eigenvalue weighted by molar-refractivity contribution is 5.97. The molecule has 0 spiro atoms. The summed E-state index contributed by atoms with van der Waals surface area (Å²) in [4.78, 5) is 24.3. The van der Waals surface area contributed by atoms with Crippen LogP contribution in [0.1, 0.15) is 52.7 Å². The summed E-state index contributed by atoms with van der Waals surface area (Å²) in [5, 5.41) is 3.50. The van der Waals surface area contributed by atoms with E-state index in [1.165, 1.54) is 12.8 Å². The smallest absolute Gasteiger partial charge is 0.258 e. The molecule has 1 saturated heterocycles. The SMILES string of the molecule is COc1ccc(OC)c(C(=O)N2CCc3nc([C@@H]4CCCCN4)ncc3C2)c1. The van der Waals surface area contributed by atoms with Gasteiger partial charge in [0.2, 0.25) is 0 Å². The molecule has 0 unspecified atom stereocenters. The van der Waals surface area contributed by atoms with Gasteiger partial charge in [-0.25, -0.2) is 9.97 Å². The van der Waals surface area contributed by atoms with Crippen LogP contribution in [-0.4, -0.2) is 48.1 Å². The van der Waals surface area contributed by atoms with Gasteiger partial charge in [-0.3, -0.25) is 4.79 Å². The Morgan fingerprint density at radius 1 is 1.25 bits per heavy atom. The van der Waals surface area contributed by atoms with Crippen LogP contribution in [0.25, 0.3) is 0 Å². The molecule has 4 rings (SSSR count). The van der Waals surface area contributed by atoms with E-state index in [1.54, 1.807) is 32.4 Å². The number of carbonyl (C=O) groups excluding carboxylic acids is 1. The van der Waals surface area contributed by atoms with E-state index >= 15 is 0 Å². The third kappa shape index (κ3) is 3.67. The molecule has 0 bridgehead atoms. The number of rotatable bonds is 4. The van der Waals surface area contributed by atoms with Crippen LogP contribution in [0.15, 0.2) is 24.4 Å². The fourth-order valence-electron chi connectivity index (χ4n) is 3.90. The van der Waals surface area contributed by atoms with Crippen LogP contribution >= 0.6 is 0 Å². The second-order valence-electron chi connectivity index (χ2n) is 7.25. The zero-order chi connectivity index (χ0) is 19.5. The third-order valence-electron chi connectivity index (χ3n) is 5.50. The quantitative estimate of drug-likeness (QED) is 0.876. The summed E-state index contributed by atoms with van der Waals surface area (Å²) in [5.74, 6) is 1.99.